The fourth-order valence-electron chi connectivity index (χ4n) is 2.25. The third-order valence-electron chi connectivity index (χ3n) is 3.24. The Hall–Kier alpha value is -2.45. The second-order valence-corrected chi connectivity index (χ2v) is 4.99. The molecule has 6 nitrogen and oxygen atoms in total. The van der Waals surface area contributed by atoms with Crippen LogP contribution in [0.15, 0.2) is 6.07 Å². The summed E-state index contributed by atoms with van der Waals surface area (Å²) >= 11 is 0. The molecule has 2 N–H and O–H groups in total. The van der Waals surface area contributed by atoms with Crippen molar-refractivity contribution in [1.82, 2.24) is 25.3 Å². The maximum atomic E-state index is 12.8. The molecule has 3 rings (SSSR count). The van der Waals surface area contributed by atoms with Crippen molar-refractivity contribution in [2.24, 2.45) is 0 Å². The van der Waals surface area contributed by atoms with E-state index in [2.05, 4.69) is 25.3 Å². The molecule has 9 heteroatoms. The van der Waals surface area contributed by atoms with E-state index in [1.54, 1.807) is 0 Å². The average Bonchev–Trinajstić information content (AvgIpc) is 2.79. The Morgan fingerprint density at radius 3 is 2.73 bits per heavy atom. The maximum absolute atomic E-state index is 12.8. The van der Waals surface area contributed by atoms with Crippen LogP contribution in [0.25, 0.3) is 11.6 Å². The first-order valence-corrected chi connectivity index (χ1v) is 6.65. The number of carbonyl (C=O) groups excluding carboxylic acids is 1. The Balaban J connectivity index is 2.07. The summed E-state index contributed by atoms with van der Waals surface area (Å²) < 4.78 is 38.5. The van der Waals surface area contributed by atoms with Crippen LogP contribution in [0.1, 0.15) is 34.0 Å². The van der Waals surface area contributed by atoms with E-state index >= 15 is 0 Å². The molecule has 0 saturated carbocycles. The van der Waals surface area contributed by atoms with Gasteiger partial charge < -0.3 is 10.3 Å². The number of carbonyl (C=O) groups is 1. The Morgan fingerprint density at radius 1 is 1.23 bits per heavy atom. The van der Waals surface area contributed by atoms with E-state index in [1.165, 1.54) is 6.92 Å². The van der Waals surface area contributed by atoms with Gasteiger partial charge in [0, 0.05) is 17.9 Å². The average molecular weight is 311 g/mol. The summed E-state index contributed by atoms with van der Waals surface area (Å²) in [6.07, 6.45) is -3.26. The molecule has 116 valence electrons. The van der Waals surface area contributed by atoms with Crippen LogP contribution in [0.5, 0.6) is 0 Å². The Labute approximate surface area is 123 Å². The number of imidazole rings is 1. The SMILES string of the molecule is Cc1cc(C(F)(F)F)nc(-c2nc3c([nH]2)CCCNC3=O)n1. The van der Waals surface area contributed by atoms with E-state index in [0.29, 0.717) is 18.7 Å². The van der Waals surface area contributed by atoms with Crippen molar-refractivity contribution < 1.29 is 18.0 Å². The van der Waals surface area contributed by atoms with Crippen LogP contribution in [0, 0.1) is 6.92 Å². The quantitative estimate of drug-likeness (QED) is 0.842. The molecular formula is C13H12F3N5O. The summed E-state index contributed by atoms with van der Waals surface area (Å²) in [6, 6.07) is 0.865. The highest BCUT2D eigenvalue weighted by atomic mass is 19.4. The Kier molecular flexibility index (Phi) is 3.34. The van der Waals surface area contributed by atoms with Gasteiger partial charge in [-0.25, -0.2) is 15.0 Å². The number of amides is 1. The van der Waals surface area contributed by atoms with Crippen LogP contribution in [0.3, 0.4) is 0 Å². The first kappa shape index (κ1) is 14.5. The zero-order chi connectivity index (χ0) is 15.9. The van der Waals surface area contributed by atoms with Crippen LogP contribution in [0.2, 0.25) is 0 Å². The second-order valence-electron chi connectivity index (χ2n) is 4.99. The third-order valence-corrected chi connectivity index (χ3v) is 3.24. The van der Waals surface area contributed by atoms with Gasteiger partial charge in [-0.3, -0.25) is 4.79 Å². The summed E-state index contributed by atoms with van der Waals surface area (Å²) in [5.74, 6) is -0.455. The van der Waals surface area contributed by atoms with Crippen molar-refractivity contribution in [3.63, 3.8) is 0 Å². The lowest BCUT2D eigenvalue weighted by Gasteiger charge is -2.07. The predicted octanol–water partition coefficient (Wildman–Crippen LogP) is 1.87. The number of alkyl halides is 3. The van der Waals surface area contributed by atoms with Crippen molar-refractivity contribution in [3.8, 4) is 11.6 Å². The van der Waals surface area contributed by atoms with Crippen LogP contribution >= 0.6 is 0 Å². The molecule has 0 aromatic carbocycles. The first-order valence-electron chi connectivity index (χ1n) is 6.65. The zero-order valence-electron chi connectivity index (χ0n) is 11.6. The van der Waals surface area contributed by atoms with Gasteiger partial charge in [0.1, 0.15) is 11.4 Å². The van der Waals surface area contributed by atoms with Gasteiger partial charge in [0.2, 0.25) is 0 Å². The van der Waals surface area contributed by atoms with E-state index in [1.807, 2.05) is 0 Å². The zero-order valence-corrected chi connectivity index (χ0v) is 11.6. The maximum Gasteiger partial charge on any atom is 0.433 e. The molecule has 0 fully saturated rings. The molecule has 1 aliphatic rings. The fourth-order valence-corrected chi connectivity index (χ4v) is 2.25. The van der Waals surface area contributed by atoms with Gasteiger partial charge in [-0.1, -0.05) is 0 Å². The standard InChI is InChI=1S/C13H12F3N5O/c1-6-5-8(13(14,15)16)20-10(18-6)11-19-7-3-2-4-17-12(22)9(7)21-11/h5H,2-4H2,1H3,(H,17,22)(H,19,21). The van der Waals surface area contributed by atoms with Crippen molar-refractivity contribution in [3.05, 3.63) is 28.8 Å². The normalized spacial score (nSPS) is 15.2. The molecule has 2 aromatic heterocycles. The molecule has 3 heterocycles. The number of hydrogen-bond donors (Lipinski definition) is 2. The smallest absolute Gasteiger partial charge is 0.351 e. The Bertz CT molecular complexity index is 738. The van der Waals surface area contributed by atoms with Gasteiger partial charge in [0.25, 0.3) is 5.91 Å². The summed E-state index contributed by atoms with van der Waals surface area (Å²) in [5, 5.41) is 2.67. The third kappa shape index (κ3) is 2.66. The van der Waals surface area contributed by atoms with Gasteiger partial charge >= 0.3 is 6.18 Å². The molecule has 22 heavy (non-hydrogen) atoms. The number of nitrogens with one attached hydrogen (secondary N) is 2. The number of hydrogen-bond acceptors (Lipinski definition) is 4. The molecule has 0 radical (unpaired) electrons. The van der Waals surface area contributed by atoms with Crippen LogP contribution in [0.4, 0.5) is 13.2 Å². The van der Waals surface area contributed by atoms with Gasteiger partial charge in [0.05, 0.1) is 0 Å². The first-order chi connectivity index (χ1) is 10.3. The molecule has 0 atom stereocenters. The lowest BCUT2D eigenvalue weighted by Crippen LogP contribution is -2.23. The molecule has 0 bridgehead atoms. The highest BCUT2D eigenvalue weighted by Crippen LogP contribution is 2.29. The largest absolute Gasteiger partial charge is 0.433 e. The van der Waals surface area contributed by atoms with Crippen LogP contribution < -0.4 is 5.32 Å². The van der Waals surface area contributed by atoms with Crippen molar-refractivity contribution in [2.75, 3.05) is 6.54 Å². The van der Waals surface area contributed by atoms with E-state index < -0.39 is 11.9 Å². The Morgan fingerprint density at radius 2 is 2.00 bits per heavy atom. The van der Waals surface area contributed by atoms with E-state index in [-0.39, 0.29) is 28.9 Å². The number of halogens is 3. The fraction of sp³-hybridized carbons (Fsp3) is 0.385. The number of fused-ring (bicyclic) bond motifs is 1. The minimum Gasteiger partial charge on any atom is -0.351 e. The predicted molar refractivity (Wildman–Crippen MR) is 70.0 cm³/mol. The molecule has 1 amide bonds. The highest BCUT2D eigenvalue weighted by molar-refractivity contribution is 5.94. The number of nitrogens with zero attached hydrogens (tertiary/aromatic N) is 3. The number of rotatable bonds is 1. The number of aryl methyl sites for hydroxylation is 2. The van der Waals surface area contributed by atoms with Gasteiger partial charge in [-0.15, -0.1) is 0 Å². The molecule has 0 saturated heterocycles. The van der Waals surface area contributed by atoms with E-state index in [4.69, 9.17) is 0 Å². The number of aromatic amines is 1. The molecule has 0 aliphatic carbocycles. The minimum atomic E-state index is -4.57. The van der Waals surface area contributed by atoms with E-state index in [9.17, 15) is 18.0 Å². The summed E-state index contributed by atoms with van der Waals surface area (Å²) in [5.41, 5.74) is -0.0887. The molecule has 0 spiro atoms. The molecule has 0 unspecified atom stereocenters. The number of H-pyrrole nitrogens is 1. The van der Waals surface area contributed by atoms with Crippen molar-refractivity contribution in [2.45, 2.75) is 25.9 Å². The lowest BCUT2D eigenvalue weighted by atomic mass is 10.2. The number of aromatic nitrogens is 4. The summed E-state index contributed by atoms with van der Waals surface area (Å²) in [6.45, 7) is 1.98. The second kappa shape index (κ2) is 5.08. The minimum absolute atomic E-state index is 0.0660. The molecular weight excluding hydrogens is 299 g/mol. The summed E-state index contributed by atoms with van der Waals surface area (Å²) in [4.78, 5) is 26.2. The monoisotopic (exact) mass is 311 g/mol. The highest BCUT2D eigenvalue weighted by Gasteiger charge is 2.34. The van der Waals surface area contributed by atoms with Gasteiger partial charge in [0.15, 0.2) is 11.6 Å². The van der Waals surface area contributed by atoms with Crippen LogP contribution in [-0.4, -0.2) is 32.4 Å². The van der Waals surface area contributed by atoms with Crippen LogP contribution in [-0.2, 0) is 12.6 Å². The van der Waals surface area contributed by atoms with Gasteiger partial charge in [-0.05, 0) is 25.8 Å². The van der Waals surface area contributed by atoms with Crippen molar-refractivity contribution in [1.29, 1.82) is 0 Å². The topological polar surface area (TPSA) is 83.6 Å². The lowest BCUT2D eigenvalue weighted by molar-refractivity contribution is -0.141. The molecule has 2 aromatic rings. The van der Waals surface area contributed by atoms with Gasteiger partial charge in [-0.2, -0.15) is 13.2 Å². The van der Waals surface area contributed by atoms with Crippen molar-refractivity contribution >= 4 is 5.91 Å². The molecule has 1 aliphatic heterocycles. The summed E-state index contributed by atoms with van der Waals surface area (Å²) in [7, 11) is 0. The van der Waals surface area contributed by atoms with E-state index in [0.717, 1.165) is 12.5 Å².